The summed E-state index contributed by atoms with van der Waals surface area (Å²) in [4.78, 5) is 0. The Kier molecular flexibility index (Phi) is 3.02. The first-order valence-electron chi connectivity index (χ1n) is 6.08. The van der Waals surface area contributed by atoms with Crippen molar-refractivity contribution in [3.63, 3.8) is 0 Å². The molecule has 0 radical (unpaired) electrons. The van der Waals surface area contributed by atoms with Crippen molar-refractivity contribution in [3.05, 3.63) is 53.6 Å². The lowest BCUT2D eigenvalue weighted by atomic mass is 10.0. The van der Waals surface area contributed by atoms with Crippen molar-refractivity contribution in [2.75, 3.05) is 0 Å². The number of fused-ring (bicyclic) bond motifs is 1. The monoisotopic (exact) mass is 292 g/mol. The van der Waals surface area contributed by atoms with E-state index in [-0.39, 0.29) is 17.2 Å². The maximum atomic E-state index is 11.3. The lowest BCUT2D eigenvalue weighted by Gasteiger charge is -2.07. The third kappa shape index (κ3) is 2.42. The summed E-state index contributed by atoms with van der Waals surface area (Å²) in [6, 6.07) is 12.5. The van der Waals surface area contributed by atoms with Gasteiger partial charge in [-0.15, -0.1) is 8.42 Å². The molecule has 2 aromatic carbocycles. The van der Waals surface area contributed by atoms with E-state index in [2.05, 4.69) is 4.18 Å². The van der Waals surface area contributed by atoms with Crippen molar-refractivity contribution in [2.24, 2.45) is 0 Å². The van der Waals surface area contributed by atoms with Crippen molar-refractivity contribution >= 4 is 10.4 Å². The molecule has 0 spiro atoms. The van der Waals surface area contributed by atoms with Gasteiger partial charge in [-0.2, -0.15) is 0 Å². The summed E-state index contributed by atoms with van der Waals surface area (Å²) < 4.78 is 32.1. The number of aromatic hydroxyl groups is 1. The molecule has 5 nitrogen and oxygen atoms in total. The highest BCUT2D eigenvalue weighted by molar-refractivity contribution is 7.82. The fourth-order valence-electron chi connectivity index (χ4n) is 2.14. The number of phenolic OH excluding ortho intramolecular Hbond substituents is 1. The largest absolute Gasteiger partial charge is 0.508 e. The Morgan fingerprint density at radius 3 is 2.45 bits per heavy atom. The van der Waals surface area contributed by atoms with Crippen molar-refractivity contribution in [3.8, 4) is 17.2 Å². The molecular formula is C14H12O5S. The predicted octanol–water partition coefficient (Wildman–Crippen LogP) is 2.19. The molecule has 0 saturated heterocycles. The topological polar surface area (TPSA) is 72.8 Å². The number of aryl methyl sites for hydroxylation is 1. The van der Waals surface area contributed by atoms with Crippen LogP contribution in [0.2, 0.25) is 0 Å². The van der Waals surface area contributed by atoms with Crippen LogP contribution in [0.15, 0.2) is 42.5 Å². The van der Waals surface area contributed by atoms with E-state index in [0.717, 1.165) is 5.56 Å². The maximum Gasteiger partial charge on any atom is 0.501 e. The third-order valence-corrected chi connectivity index (χ3v) is 3.84. The van der Waals surface area contributed by atoms with E-state index in [9.17, 15) is 13.5 Å². The lowest BCUT2D eigenvalue weighted by Crippen LogP contribution is -2.08. The molecule has 1 aliphatic heterocycles. The van der Waals surface area contributed by atoms with E-state index in [1.807, 2.05) is 30.3 Å². The molecule has 20 heavy (non-hydrogen) atoms. The van der Waals surface area contributed by atoms with Crippen LogP contribution in [0, 0.1) is 0 Å². The number of hydrogen-bond acceptors (Lipinski definition) is 5. The molecule has 0 saturated carbocycles. The van der Waals surface area contributed by atoms with Gasteiger partial charge in [0.2, 0.25) is 0 Å². The molecule has 0 unspecified atom stereocenters. The SMILES string of the molecule is O=S1(=O)Oc2ccc(O)c(CCc3ccccc3)c2O1. The van der Waals surface area contributed by atoms with Crippen LogP contribution in [0.5, 0.6) is 17.2 Å². The van der Waals surface area contributed by atoms with Crippen LogP contribution < -0.4 is 8.37 Å². The minimum Gasteiger partial charge on any atom is -0.508 e. The Labute approximate surface area is 116 Å². The second-order valence-corrected chi connectivity index (χ2v) is 5.60. The summed E-state index contributed by atoms with van der Waals surface area (Å²) in [5, 5.41) is 9.89. The smallest absolute Gasteiger partial charge is 0.501 e. The summed E-state index contributed by atoms with van der Waals surface area (Å²) in [5.74, 6) is 0.201. The van der Waals surface area contributed by atoms with Crippen molar-refractivity contribution < 1.29 is 21.9 Å². The zero-order valence-electron chi connectivity index (χ0n) is 10.4. The first kappa shape index (κ1) is 12.8. The Morgan fingerprint density at radius 1 is 0.950 bits per heavy atom. The summed E-state index contributed by atoms with van der Waals surface area (Å²) in [5.41, 5.74) is 1.53. The van der Waals surface area contributed by atoms with Crippen LogP contribution in [-0.4, -0.2) is 13.5 Å². The zero-order chi connectivity index (χ0) is 14.2. The predicted molar refractivity (Wildman–Crippen MR) is 72.1 cm³/mol. The van der Waals surface area contributed by atoms with E-state index >= 15 is 0 Å². The standard InChI is InChI=1S/C14H12O5S/c15-12-8-9-13-14(19-20(16,17)18-13)11(12)7-6-10-4-2-1-3-5-10/h1-5,8-9,15H,6-7H2. The van der Waals surface area contributed by atoms with Gasteiger partial charge in [0, 0.05) is 5.56 Å². The summed E-state index contributed by atoms with van der Waals surface area (Å²) in [7, 11) is -4.04. The van der Waals surface area contributed by atoms with Gasteiger partial charge in [-0.1, -0.05) is 30.3 Å². The van der Waals surface area contributed by atoms with Gasteiger partial charge in [-0.3, -0.25) is 0 Å². The molecule has 0 amide bonds. The normalized spacial score (nSPS) is 15.2. The van der Waals surface area contributed by atoms with Gasteiger partial charge >= 0.3 is 10.4 Å². The van der Waals surface area contributed by atoms with Gasteiger partial charge in [-0.05, 0) is 30.5 Å². The Bertz CT molecular complexity index is 738. The van der Waals surface area contributed by atoms with Crippen LogP contribution in [0.1, 0.15) is 11.1 Å². The molecule has 6 heteroatoms. The molecule has 1 aliphatic rings. The van der Waals surface area contributed by atoms with Gasteiger partial charge in [0.25, 0.3) is 0 Å². The average Bonchev–Trinajstić information content (AvgIpc) is 2.73. The van der Waals surface area contributed by atoms with Gasteiger partial charge in [0.05, 0.1) is 0 Å². The Balaban J connectivity index is 1.89. The first-order valence-corrected chi connectivity index (χ1v) is 7.41. The lowest BCUT2D eigenvalue weighted by molar-refractivity contribution is 0.434. The van der Waals surface area contributed by atoms with Crippen LogP contribution in [-0.2, 0) is 23.2 Å². The van der Waals surface area contributed by atoms with Gasteiger partial charge < -0.3 is 13.5 Å². The second kappa shape index (κ2) is 4.72. The molecule has 0 atom stereocenters. The molecule has 0 bridgehead atoms. The van der Waals surface area contributed by atoms with Gasteiger partial charge in [0.15, 0.2) is 11.5 Å². The van der Waals surface area contributed by atoms with E-state index in [0.29, 0.717) is 18.4 Å². The zero-order valence-corrected chi connectivity index (χ0v) is 11.3. The minimum absolute atomic E-state index is 0.000353. The van der Waals surface area contributed by atoms with E-state index in [1.165, 1.54) is 12.1 Å². The van der Waals surface area contributed by atoms with E-state index in [1.54, 1.807) is 0 Å². The molecule has 3 rings (SSSR count). The first-order chi connectivity index (χ1) is 9.55. The highest BCUT2D eigenvalue weighted by atomic mass is 32.3. The molecule has 1 heterocycles. The fourth-order valence-corrected chi connectivity index (χ4v) is 2.91. The molecule has 1 N–H and O–H groups in total. The van der Waals surface area contributed by atoms with Crippen molar-refractivity contribution in [2.45, 2.75) is 12.8 Å². The van der Waals surface area contributed by atoms with Gasteiger partial charge in [0.1, 0.15) is 5.75 Å². The van der Waals surface area contributed by atoms with Crippen molar-refractivity contribution in [1.82, 2.24) is 0 Å². The van der Waals surface area contributed by atoms with Crippen molar-refractivity contribution in [1.29, 1.82) is 0 Å². The summed E-state index contributed by atoms with van der Waals surface area (Å²) in [6.45, 7) is 0. The van der Waals surface area contributed by atoms with Gasteiger partial charge in [-0.25, -0.2) is 0 Å². The molecule has 104 valence electrons. The number of rotatable bonds is 3. The summed E-state index contributed by atoms with van der Waals surface area (Å²) >= 11 is 0. The second-order valence-electron chi connectivity index (χ2n) is 4.45. The highest BCUT2D eigenvalue weighted by Gasteiger charge is 2.32. The maximum absolute atomic E-state index is 11.3. The quantitative estimate of drug-likeness (QED) is 0.938. The van der Waals surface area contributed by atoms with Crippen LogP contribution in [0.4, 0.5) is 0 Å². The Hall–Kier alpha value is -2.21. The number of benzene rings is 2. The van der Waals surface area contributed by atoms with Crippen LogP contribution in [0.25, 0.3) is 0 Å². The molecule has 0 fully saturated rings. The highest BCUT2D eigenvalue weighted by Crippen LogP contribution is 2.43. The van der Waals surface area contributed by atoms with Crippen LogP contribution >= 0.6 is 0 Å². The number of hydrogen-bond donors (Lipinski definition) is 1. The molecule has 2 aromatic rings. The molecular weight excluding hydrogens is 280 g/mol. The average molecular weight is 292 g/mol. The summed E-state index contributed by atoms with van der Waals surface area (Å²) in [6.07, 6.45) is 1.12. The fraction of sp³-hybridized carbons (Fsp3) is 0.143. The molecule has 0 aliphatic carbocycles. The minimum atomic E-state index is -4.04. The third-order valence-electron chi connectivity index (χ3n) is 3.08. The Morgan fingerprint density at radius 2 is 1.70 bits per heavy atom. The molecule has 0 aromatic heterocycles. The van der Waals surface area contributed by atoms with E-state index < -0.39 is 10.4 Å². The van der Waals surface area contributed by atoms with Crippen LogP contribution in [0.3, 0.4) is 0 Å². The number of phenols is 1. The van der Waals surface area contributed by atoms with E-state index in [4.69, 9.17) is 4.18 Å².